The molecule has 3 nitrogen and oxygen atoms in total. The van der Waals surface area contributed by atoms with E-state index in [-0.39, 0.29) is 0 Å². The van der Waals surface area contributed by atoms with Crippen LogP contribution in [0.4, 0.5) is 0 Å². The summed E-state index contributed by atoms with van der Waals surface area (Å²) in [5.41, 5.74) is 6.69. The molecule has 0 radical (unpaired) electrons. The lowest BCUT2D eigenvalue weighted by molar-refractivity contribution is 0.193. The minimum atomic E-state index is 0.581. The minimum absolute atomic E-state index is 0.581. The van der Waals surface area contributed by atoms with Crippen molar-refractivity contribution in [3.8, 4) is 5.75 Å². The molecule has 0 bridgehead atoms. The van der Waals surface area contributed by atoms with Crippen LogP contribution >= 0.6 is 0 Å². The maximum atomic E-state index is 5.72. The molecule has 1 aromatic rings. The highest BCUT2D eigenvalue weighted by atomic mass is 16.5. The zero-order valence-corrected chi connectivity index (χ0v) is 11.9. The lowest BCUT2D eigenvalue weighted by atomic mass is 10.2. The fraction of sp³-hybridized carbons (Fsp3) is 0.600. The molecular weight excluding hydrogens is 224 g/mol. The lowest BCUT2D eigenvalue weighted by Gasteiger charge is -2.24. The quantitative estimate of drug-likeness (QED) is 0.771. The van der Waals surface area contributed by atoms with Crippen molar-refractivity contribution in [3.05, 3.63) is 29.8 Å². The van der Waals surface area contributed by atoms with Crippen molar-refractivity contribution in [3.63, 3.8) is 0 Å². The molecule has 1 unspecified atom stereocenters. The van der Waals surface area contributed by atoms with Crippen LogP contribution < -0.4 is 10.5 Å². The Balaban J connectivity index is 2.28. The second-order valence-corrected chi connectivity index (χ2v) is 4.81. The van der Waals surface area contributed by atoms with Crippen LogP contribution in [0.1, 0.15) is 32.3 Å². The predicted octanol–water partition coefficient (Wildman–Crippen LogP) is 2.64. The zero-order valence-electron chi connectivity index (χ0n) is 11.9. The number of hydrogen-bond acceptors (Lipinski definition) is 3. The molecule has 18 heavy (non-hydrogen) atoms. The van der Waals surface area contributed by atoms with Gasteiger partial charge >= 0.3 is 0 Å². The zero-order chi connectivity index (χ0) is 13.4. The Hall–Kier alpha value is -1.06. The van der Waals surface area contributed by atoms with E-state index in [4.69, 9.17) is 10.5 Å². The smallest absolute Gasteiger partial charge is 0.119 e. The number of ether oxygens (including phenoxy) is 1. The Kier molecular flexibility index (Phi) is 6.76. The number of benzene rings is 1. The van der Waals surface area contributed by atoms with Gasteiger partial charge in [-0.25, -0.2) is 0 Å². The number of hydrogen-bond donors (Lipinski definition) is 1. The topological polar surface area (TPSA) is 38.5 Å². The van der Waals surface area contributed by atoms with E-state index < -0.39 is 0 Å². The molecule has 0 heterocycles. The molecule has 0 saturated carbocycles. The van der Waals surface area contributed by atoms with Gasteiger partial charge in [-0.15, -0.1) is 0 Å². The van der Waals surface area contributed by atoms with Gasteiger partial charge in [-0.1, -0.05) is 25.5 Å². The first-order chi connectivity index (χ1) is 8.67. The Morgan fingerprint density at radius 2 is 1.94 bits per heavy atom. The second kappa shape index (κ2) is 8.11. The molecule has 1 rings (SSSR count). The van der Waals surface area contributed by atoms with Gasteiger partial charge in [0.25, 0.3) is 0 Å². The highest BCUT2D eigenvalue weighted by Gasteiger charge is 2.07. The van der Waals surface area contributed by atoms with Crippen LogP contribution in [-0.4, -0.2) is 31.1 Å². The summed E-state index contributed by atoms with van der Waals surface area (Å²) >= 11 is 0. The Morgan fingerprint density at radius 3 is 2.50 bits per heavy atom. The van der Waals surface area contributed by atoms with E-state index in [1.54, 1.807) is 0 Å². The normalized spacial score (nSPS) is 12.7. The first kappa shape index (κ1) is 15.0. The molecule has 0 spiro atoms. The van der Waals surface area contributed by atoms with E-state index in [0.29, 0.717) is 12.6 Å². The van der Waals surface area contributed by atoms with E-state index in [2.05, 4.69) is 25.8 Å². The average molecular weight is 250 g/mol. The van der Waals surface area contributed by atoms with Gasteiger partial charge in [-0.2, -0.15) is 0 Å². The van der Waals surface area contributed by atoms with E-state index in [0.717, 1.165) is 24.5 Å². The summed E-state index contributed by atoms with van der Waals surface area (Å²) in [5.74, 6) is 0.920. The van der Waals surface area contributed by atoms with Crippen LogP contribution in [0.5, 0.6) is 5.75 Å². The summed E-state index contributed by atoms with van der Waals surface area (Å²) in [4.78, 5) is 2.34. The maximum absolute atomic E-state index is 5.72. The molecule has 1 atom stereocenters. The largest absolute Gasteiger partial charge is 0.492 e. The van der Waals surface area contributed by atoms with Gasteiger partial charge in [-0.3, -0.25) is 0 Å². The van der Waals surface area contributed by atoms with Crippen molar-refractivity contribution in [1.29, 1.82) is 0 Å². The van der Waals surface area contributed by atoms with Crippen LogP contribution in [0.3, 0.4) is 0 Å². The first-order valence-electron chi connectivity index (χ1n) is 6.79. The van der Waals surface area contributed by atoms with Crippen LogP contribution in [0.25, 0.3) is 0 Å². The Bertz CT molecular complexity index is 324. The van der Waals surface area contributed by atoms with Crippen molar-refractivity contribution < 1.29 is 4.74 Å². The van der Waals surface area contributed by atoms with Crippen molar-refractivity contribution in [2.45, 2.75) is 39.3 Å². The van der Waals surface area contributed by atoms with Crippen LogP contribution in [0.2, 0.25) is 0 Å². The minimum Gasteiger partial charge on any atom is -0.492 e. The van der Waals surface area contributed by atoms with Gasteiger partial charge in [0.1, 0.15) is 12.4 Å². The SMILES string of the molecule is CCCC(C)N(C)CCOc1ccc(CN)cc1. The third kappa shape index (κ3) is 5.07. The molecule has 0 saturated heterocycles. The summed E-state index contributed by atoms with van der Waals surface area (Å²) < 4.78 is 5.72. The summed E-state index contributed by atoms with van der Waals surface area (Å²) in [6.07, 6.45) is 2.47. The van der Waals surface area contributed by atoms with E-state index in [9.17, 15) is 0 Å². The van der Waals surface area contributed by atoms with Crippen LogP contribution in [-0.2, 0) is 6.54 Å². The highest BCUT2D eigenvalue weighted by molar-refractivity contribution is 5.27. The molecule has 1 aromatic carbocycles. The number of nitrogens with two attached hydrogens (primary N) is 1. The number of likely N-dealkylation sites (N-methyl/N-ethyl adjacent to an activating group) is 1. The Morgan fingerprint density at radius 1 is 1.28 bits per heavy atom. The monoisotopic (exact) mass is 250 g/mol. The predicted molar refractivity (Wildman–Crippen MR) is 76.8 cm³/mol. The van der Waals surface area contributed by atoms with Gasteiger partial charge < -0.3 is 15.4 Å². The van der Waals surface area contributed by atoms with Crippen LogP contribution in [0.15, 0.2) is 24.3 Å². The van der Waals surface area contributed by atoms with E-state index >= 15 is 0 Å². The molecule has 0 aliphatic heterocycles. The summed E-state index contributed by atoms with van der Waals surface area (Å²) in [5, 5.41) is 0. The van der Waals surface area contributed by atoms with Crippen molar-refractivity contribution in [2.24, 2.45) is 5.73 Å². The van der Waals surface area contributed by atoms with E-state index in [1.165, 1.54) is 12.8 Å². The summed E-state index contributed by atoms with van der Waals surface area (Å²) in [7, 11) is 2.15. The summed E-state index contributed by atoms with van der Waals surface area (Å²) in [6.45, 7) is 6.75. The fourth-order valence-electron chi connectivity index (χ4n) is 1.89. The molecular formula is C15H26N2O. The number of rotatable bonds is 8. The molecule has 0 aliphatic rings. The van der Waals surface area contributed by atoms with Crippen molar-refractivity contribution in [1.82, 2.24) is 4.90 Å². The van der Waals surface area contributed by atoms with Gasteiger partial charge in [0, 0.05) is 19.1 Å². The average Bonchev–Trinajstić information content (AvgIpc) is 2.39. The van der Waals surface area contributed by atoms with Gasteiger partial charge in [0.05, 0.1) is 0 Å². The molecule has 0 amide bonds. The molecule has 0 aromatic heterocycles. The third-order valence-electron chi connectivity index (χ3n) is 3.33. The van der Waals surface area contributed by atoms with E-state index in [1.807, 2.05) is 24.3 Å². The third-order valence-corrected chi connectivity index (χ3v) is 3.33. The van der Waals surface area contributed by atoms with Crippen molar-refractivity contribution >= 4 is 0 Å². The molecule has 102 valence electrons. The Labute approximate surface area is 111 Å². The molecule has 0 fully saturated rings. The number of nitrogens with zero attached hydrogens (tertiary/aromatic N) is 1. The summed E-state index contributed by atoms with van der Waals surface area (Å²) in [6, 6.07) is 8.62. The molecule has 3 heteroatoms. The molecule has 2 N–H and O–H groups in total. The van der Waals surface area contributed by atoms with Crippen LogP contribution in [0, 0.1) is 0 Å². The molecule has 0 aliphatic carbocycles. The highest BCUT2D eigenvalue weighted by Crippen LogP contribution is 2.12. The first-order valence-corrected chi connectivity index (χ1v) is 6.79. The van der Waals surface area contributed by atoms with Gasteiger partial charge in [0.15, 0.2) is 0 Å². The van der Waals surface area contributed by atoms with Crippen molar-refractivity contribution in [2.75, 3.05) is 20.2 Å². The fourth-order valence-corrected chi connectivity index (χ4v) is 1.89. The standard InChI is InChI=1S/C15H26N2O/c1-4-5-13(2)17(3)10-11-18-15-8-6-14(12-16)7-9-15/h6-9,13H,4-5,10-12,16H2,1-3H3. The lowest BCUT2D eigenvalue weighted by Crippen LogP contribution is -2.32. The van der Waals surface area contributed by atoms with Gasteiger partial charge in [-0.05, 0) is 38.1 Å². The van der Waals surface area contributed by atoms with Gasteiger partial charge in [0.2, 0.25) is 0 Å². The second-order valence-electron chi connectivity index (χ2n) is 4.81. The maximum Gasteiger partial charge on any atom is 0.119 e.